The van der Waals surface area contributed by atoms with Gasteiger partial charge in [0.2, 0.25) is 0 Å². The summed E-state index contributed by atoms with van der Waals surface area (Å²) in [6, 6.07) is 0. The highest BCUT2D eigenvalue weighted by molar-refractivity contribution is 4.45. The summed E-state index contributed by atoms with van der Waals surface area (Å²) in [6.45, 7) is 8.23. The third-order valence-corrected chi connectivity index (χ3v) is 3.49. The average molecular weight is 230 g/mol. The Kier molecular flexibility index (Phi) is 10.0. The molecule has 98 valence electrons. The van der Waals surface area contributed by atoms with Gasteiger partial charge in [0.05, 0.1) is 26.7 Å². The van der Waals surface area contributed by atoms with Gasteiger partial charge in [0.1, 0.15) is 6.54 Å². The SMILES string of the molecule is CCCCCC[N+](C)(CCO)CCCCC. The van der Waals surface area contributed by atoms with Crippen molar-refractivity contribution < 1.29 is 9.59 Å². The van der Waals surface area contributed by atoms with Crippen molar-refractivity contribution in [1.82, 2.24) is 0 Å². The van der Waals surface area contributed by atoms with Crippen LogP contribution in [0.4, 0.5) is 0 Å². The van der Waals surface area contributed by atoms with Crippen LogP contribution in [0.5, 0.6) is 0 Å². The van der Waals surface area contributed by atoms with Crippen molar-refractivity contribution in [2.24, 2.45) is 0 Å². The van der Waals surface area contributed by atoms with E-state index in [1.54, 1.807) is 0 Å². The predicted molar refractivity (Wildman–Crippen MR) is 71.5 cm³/mol. The summed E-state index contributed by atoms with van der Waals surface area (Å²) >= 11 is 0. The molecule has 0 saturated heterocycles. The molecular weight excluding hydrogens is 198 g/mol. The average Bonchev–Trinajstić information content (AvgIpc) is 2.25. The zero-order valence-corrected chi connectivity index (χ0v) is 11.7. The molecule has 0 heterocycles. The van der Waals surface area contributed by atoms with Crippen molar-refractivity contribution >= 4 is 0 Å². The van der Waals surface area contributed by atoms with E-state index in [1.807, 2.05) is 0 Å². The number of aliphatic hydroxyl groups is 1. The Balaban J connectivity index is 3.81. The van der Waals surface area contributed by atoms with Crippen LogP contribution in [0.3, 0.4) is 0 Å². The number of unbranched alkanes of at least 4 members (excludes halogenated alkanes) is 5. The summed E-state index contributed by atoms with van der Waals surface area (Å²) in [4.78, 5) is 0. The minimum atomic E-state index is 0.330. The Morgan fingerprint density at radius 2 is 1.25 bits per heavy atom. The molecule has 0 amide bonds. The van der Waals surface area contributed by atoms with Crippen LogP contribution in [-0.2, 0) is 0 Å². The van der Waals surface area contributed by atoms with E-state index in [2.05, 4.69) is 20.9 Å². The van der Waals surface area contributed by atoms with Gasteiger partial charge >= 0.3 is 0 Å². The van der Waals surface area contributed by atoms with E-state index in [4.69, 9.17) is 5.11 Å². The number of aliphatic hydroxyl groups excluding tert-OH is 1. The van der Waals surface area contributed by atoms with Crippen LogP contribution in [0.25, 0.3) is 0 Å². The first kappa shape index (κ1) is 15.9. The maximum absolute atomic E-state index is 9.15. The second kappa shape index (κ2) is 10.1. The lowest BCUT2D eigenvalue weighted by atomic mass is 10.1. The molecule has 0 rings (SSSR count). The molecule has 0 aliphatic rings. The highest BCUT2D eigenvalue weighted by atomic mass is 16.3. The molecule has 2 nitrogen and oxygen atoms in total. The van der Waals surface area contributed by atoms with E-state index < -0.39 is 0 Å². The van der Waals surface area contributed by atoms with Crippen LogP contribution in [-0.4, -0.2) is 42.9 Å². The van der Waals surface area contributed by atoms with Crippen LogP contribution in [0.15, 0.2) is 0 Å². The Morgan fingerprint density at radius 1 is 0.750 bits per heavy atom. The molecule has 1 unspecified atom stereocenters. The van der Waals surface area contributed by atoms with Gasteiger partial charge in [-0.05, 0) is 25.7 Å². The largest absolute Gasteiger partial charge is 0.391 e. The molecular formula is C14H32NO+. The first-order valence-corrected chi connectivity index (χ1v) is 7.13. The van der Waals surface area contributed by atoms with E-state index in [1.165, 1.54) is 58.0 Å². The van der Waals surface area contributed by atoms with Crippen molar-refractivity contribution in [2.45, 2.75) is 58.8 Å². The number of hydrogen-bond acceptors (Lipinski definition) is 1. The lowest BCUT2D eigenvalue weighted by Gasteiger charge is -2.34. The first-order chi connectivity index (χ1) is 7.68. The van der Waals surface area contributed by atoms with Crippen molar-refractivity contribution in [3.05, 3.63) is 0 Å². The Labute approximate surface area is 102 Å². The van der Waals surface area contributed by atoms with Crippen LogP contribution < -0.4 is 0 Å². The molecule has 0 aromatic heterocycles. The molecule has 16 heavy (non-hydrogen) atoms. The van der Waals surface area contributed by atoms with Gasteiger partial charge < -0.3 is 9.59 Å². The van der Waals surface area contributed by atoms with E-state index in [0.29, 0.717) is 6.61 Å². The molecule has 0 radical (unpaired) electrons. The number of nitrogens with zero attached hydrogens (tertiary/aromatic N) is 1. The quantitative estimate of drug-likeness (QED) is 0.427. The van der Waals surface area contributed by atoms with Crippen LogP contribution >= 0.6 is 0 Å². The third-order valence-electron chi connectivity index (χ3n) is 3.49. The summed E-state index contributed by atoms with van der Waals surface area (Å²) < 4.78 is 1.07. The zero-order chi connectivity index (χ0) is 12.3. The smallest absolute Gasteiger partial charge is 0.102 e. The van der Waals surface area contributed by atoms with Gasteiger partial charge in [0.25, 0.3) is 0 Å². The summed E-state index contributed by atoms with van der Waals surface area (Å²) in [5.41, 5.74) is 0. The van der Waals surface area contributed by atoms with Gasteiger partial charge in [0.15, 0.2) is 0 Å². The van der Waals surface area contributed by atoms with Crippen LogP contribution in [0.2, 0.25) is 0 Å². The fraction of sp³-hybridized carbons (Fsp3) is 1.00. The zero-order valence-electron chi connectivity index (χ0n) is 11.7. The van der Waals surface area contributed by atoms with Gasteiger partial charge in [-0.1, -0.05) is 33.1 Å². The Hall–Kier alpha value is -0.0800. The lowest BCUT2D eigenvalue weighted by Crippen LogP contribution is -2.47. The van der Waals surface area contributed by atoms with Crippen molar-refractivity contribution in [3.8, 4) is 0 Å². The normalized spacial score (nSPS) is 15.0. The first-order valence-electron chi connectivity index (χ1n) is 7.13. The van der Waals surface area contributed by atoms with Crippen molar-refractivity contribution in [1.29, 1.82) is 0 Å². The Morgan fingerprint density at radius 3 is 1.75 bits per heavy atom. The highest BCUT2D eigenvalue weighted by Gasteiger charge is 2.19. The van der Waals surface area contributed by atoms with Gasteiger partial charge in [-0.25, -0.2) is 0 Å². The van der Waals surface area contributed by atoms with Gasteiger partial charge in [-0.3, -0.25) is 0 Å². The molecule has 1 atom stereocenters. The Bertz CT molecular complexity index is 150. The molecule has 0 spiro atoms. The molecule has 0 aliphatic heterocycles. The maximum atomic E-state index is 9.15. The van der Waals surface area contributed by atoms with Crippen molar-refractivity contribution in [2.75, 3.05) is 33.3 Å². The third kappa shape index (κ3) is 8.12. The second-order valence-corrected chi connectivity index (χ2v) is 5.28. The topological polar surface area (TPSA) is 20.2 Å². The molecule has 0 aromatic rings. The molecule has 0 aliphatic carbocycles. The van der Waals surface area contributed by atoms with E-state index in [-0.39, 0.29) is 0 Å². The molecule has 0 fully saturated rings. The van der Waals surface area contributed by atoms with Gasteiger partial charge in [-0.15, -0.1) is 0 Å². The summed E-state index contributed by atoms with van der Waals surface area (Å²) in [6.07, 6.45) is 9.25. The van der Waals surface area contributed by atoms with E-state index >= 15 is 0 Å². The van der Waals surface area contributed by atoms with Gasteiger partial charge in [0, 0.05) is 0 Å². The number of likely N-dealkylation sites (N-methyl/N-ethyl adjacent to an activating group) is 1. The van der Waals surface area contributed by atoms with Crippen LogP contribution in [0.1, 0.15) is 58.8 Å². The molecule has 0 bridgehead atoms. The number of quaternary nitrogens is 1. The predicted octanol–water partition coefficient (Wildman–Crippen LogP) is 3.20. The summed E-state index contributed by atoms with van der Waals surface area (Å²) in [5.74, 6) is 0. The van der Waals surface area contributed by atoms with E-state index in [9.17, 15) is 0 Å². The molecule has 0 saturated carbocycles. The van der Waals surface area contributed by atoms with Gasteiger partial charge in [-0.2, -0.15) is 0 Å². The molecule has 0 aromatic carbocycles. The van der Waals surface area contributed by atoms with Crippen molar-refractivity contribution in [3.63, 3.8) is 0 Å². The standard InChI is InChI=1S/C14H32NO/c1-4-6-8-10-12-15(3,13-14-16)11-9-7-5-2/h16H,4-14H2,1-3H3/q+1. The summed E-state index contributed by atoms with van der Waals surface area (Å²) in [5, 5.41) is 9.15. The maximum Gasteiger partial charge on any atom is 0.102 e. The van der Waals surface area contributed by atoms with E-state index in [0.717, 1.165) is 11.0 Å². The number of rotatable bonds is 11. The fourth-order valence-electron chi connectivity index (χ4n) is 2.24. The second-order valence-electron chi connectivity index (χ2n) is 5.28. The molecule has 2 heteroatoms. The monoisotopic (exact) mass is 230 g/mol. The van der Waals surface area contributed by atoms with Crippen LogP contribution in [0, 0.1) is 0 Å². The fourth-order valence-corrected chi connectivity index (χ4v) is 2.24. The minimum absolute atomic E-state index is 0.330. The number of hydrogen-bond donors (Lipinski definition) is 1. The minimum Gasteiger partial charge on any atom is -0.391 e. The highest BCUT2D eigenvalue weighted by Crippen LogP contribution is 2.10. The lowest BCUT2D eigenvalue weighted by molar-refractivity contribution is -0.910. The molecule has 1 N–H and O–H groups in total. The summed E-state index contributed by atoms with van der Waals surface area (Å²) in [7, 11) is 2.30.